The molecular weight excluding hydrogens is 214 g/mol. The van der Waals surface area contributed by atoms with E-state index in [0.717, 1.165) is 25.9 Å². The van der Waals surface area contributed by atoms with Crippen LogP contribution in [0.3, 0.4) is 0 Å². The van der Waals surface area contributed by atoms with Gasteiger partial charge in [0.15, 0.2) is 0 Å². The van der Waals surface area contributed by atoms with Crippen molar-refractivity contribution in [3.63, 3.8) is 0 Å². The standard InChI is InChI=1S/C13H23N3O/c1-3-8-16-12(6-7-15-16)10-14-11-4-5-13(9-11)17-2/h6-7,11,13-14H,3-5,8-10H2,1-2H3. The summed E-state index contributed by atoms with van der Waals surface area (Å²) in [6, 6.07) is 2.70. The zero-order chi connectivity index (χ0) is 12.1. The van der Waals surface area contributed by atoms with Gasteiger partial charge in [0.1, 0.15) is 0 Å². The fourth-order valence-corrected chi connectivity index (χ4v) is 2.51. The first-order valence-electron chi connectivity index (χ1n) is 6.60. The number of rotatable bonds is 6. The van der Waals surface area contributed by atoms with Crippen LogP contribution in [-0.4, -0.2) is 29.0 Å². The maximum absolute atomic E-state index is 5.38. The van der Waals surface area contributed by atoms with E-state index >= 15 is 0 Å². The second kappa shape index (κ2) is 6.17. The van der Waals surface area contributed by atoms with Crippen LogP contribution in [-0.2, 0) is 17.8 Å². The first-order valence-corrected chi connectivity index (χ1v) is 6.60. The molecule has 4 heteroatoms. The van der Waals surface area contributed by atoms with Crippen molar-refractivity contribution >= 4 is 0 Å². The second-order valence-electron chi connectivity index (χ2n) is 4.79. The molecule has 0 amide bonds. The highest BCUT2D eigenvalue weighted by atomic mass is 16.5. The van der Waals surface area contributed by atoms with Gasteiger partial charge in [-0.1, -0.05) is 6.92 Å². The molecule has 1 N–H and O–H groups in total. The smallest absolute Gasteiger partial charge is 0.0586 e. The molecule has 2 rings (SSSR count). The normalized spacial score (nSPS) is 24.4. The van der Waals surface area contributed by atoms with Crippen LogP contribution in [0.25, 0.3) is 0 Å². The lowest BCUT2D eigenvalue weighted by molar-refractivity contribution is 0.107. The first-order chi connectivity index (χ1) is 8.33. The third kappa shape index (κ3) is 3.30. The molecule has 4 nitrogen and oxygen atoms in total. The molecule has 1 aromatic rings. The zero-order valence-corrected chi connectivity index (χ0v) is 10.9. The number of aryl methyl sites for hydroxylation is 1. The van der Waals surface area contributed by atoms with E-state index in [4.69, 9.17) is 4.74 Å². The summed E-state index contributed by atoms with van der Waals surface area (Å²) in [5.41, 5.74) is 1.28. The van der Waals surface area contributed by atoms with Gasteiger partial charge < -0.3 is 10.1 Å². The quantitative estimate of drug-likeness (QED) is 0.822. The van der Waals surface area contributed by atoms with Gasteiger partial charge in [-0.25, -0.2) is 0 Å². The Morgan fingerprint density at radius 3 is 3.12 bits per heavy atom. The van der Waals surface area contributed by atoms with Crippen LogP contribution in [0.5, 0.6) is 0 Å². The summed E-state index contributed by atoms with van der Waals surface area (Å²) in [6.07, 6.45) is 7.01. The van der Waals surface area contributed by atoms with E-state index in [1.54, 1.807) is 0 Å². The minimum atomic E-state index is 0.452. The fourth-order valence-electron chi connectivity index (χ4n) is 2.51. The predicted octanol–water partition coefficient (Wildman–Crippen LogP) is 1.95. The molecule has 2 atom stereocenters. The van der Waals surface area contributed by atoms with E-state index < -0.39 is 0 Å². The Balaban J connectivity index is 1.79. The number of nitrogens with zero attached hydrogens (tertiary/aromatic N) is 2. The molecule has 1 heterocycles. The van der Waals surface area contributed by atoms with Gasteiger partial charge in [0.05, 0.1) is 11.8 Å². The lowest BCUT2D eigenvalue weighted by atomic mass is 10.2. The molecular formula is C13H23N3O. The molecule has 17 heavy (non-hydrogen) atoms. The van der Waals surface area contributed by atoms with Gasteiger partial charge in [0.25, 0.3) is 0 Å². The van der Waals surface area contributed by atoms with E-state index in [2.05, 4.69) is 28.1 Å². The van der Waals surface area contributed by atoms with E-state index in [-0.39, 0.29) is 0 Å². The summed E-state index contributed by atoms with van der Waals surface area (Å²) in [5.74, 6) is 0. The molecule has 1 aliphatic rings. The summed E-state index contributed by atoms with van der Waals surface area (Å²) in [4.78, 5) is 0. The fraction of sp³-hybridized carbons (Fsp3) is 0.769. The van der Waals surface area contributed by atoms with Crippen molar-refractivity contribution in [2.75, 3.05) is 7.11 Å². The average molecular weight is 237 g/mol. The van der Waals surface area contributed by atoms with Crippen LogP contribution >= 0.6 is 0 Å². The maximum Gasteiger partial charge on any atom is 0.0586 e. The van der Waals surface area contributed by atoms with Crippen LogP contribution in [0.1, 0.15) is 38.3 Å². The van der Waals surface area contributed by atoms with Gasteiger partial charge in [0, 0.05) is 32.4 Å². The minimum absolute atomic E-state index is 0.452. The van der Waals surface area contributed by atoms with E-state index in [1.807, 2.05) is 13.3 Å². The summed E-state index contributed by atoms with van der Waals surface area (Å²) in [7, 11) is 1.81. The molecule has 0 radical (unpaired) electrons. The number of hydrogen-bond donors (Lipinski definition) is 1. The van der Waals surface area contributed by atoms with E-state index in [9.17, 15) is 0 Å². The number of hydrogen-bond acceptors (Lipinski definition) is 3. The van der Waals surface area contributed by atoms with E-state index in [1.165, 1.54) is 18.5 Å². The summed E-state index contributed by atoms with van der Waals surface area (Å²) >= 11 is 0. The molecule has 0 saturated heterocycles. The van der Waals surface area contributed by atoms with Crippen molar-refractivity contribution in [3.8, 4) is 0 Å². The highest BCUT2D eigenvalue weighted by Gasteiger charge is 2.23. The number of aromatic nitrogens is 2. The van der Waals surface area contributed by atoms with Crippen LogP contribution < -0.4 is 5.32 Å². The van der Waals surface area contributed by atoms with Gasteiger partial charge >= 0.3 is 0 Å². The Morgan fingerprint density at radius 2 is 2.41 bits per heavy atom. The number of nitrogens with one attached hydrogen (secondary N) is 1. The Morgan fingerprint density at radius 1 is 1.53 bits per heavy atom. The molecule has 1 saturated carbocycles. The van der Waals surface area contributed by atoms with Gasteiger partial charge in [-0.2, -0.15) is 5.10 Å². The van der Waals surface area contributed by atoms with Crippen molar-refractivity contribution in [1.82, 2.24) is 15.1 Å². The maximum atomic E-state index is 5.38. The Bertz CT molecular complexity index is 337. The van der Waals surface area contributed by atoms with Crippen molar-refractivity contribution in [2.45, 2.75) is 57.8 Å². The molecule has 2 unspecified atom stereocenters. The number of methoxy groups -OCH3 is 1. The molecule has 1 aliphatic carbocycles. The van der Waals surface area contributed by atoms with Crippen molar-refractivity contribution in [1.29, 1.82) is 0 Å². The van der Waals surface area contributed by atoms with E-state index in [0.29, 0.717) is 12.1 Å². The third-order valence-corrected chi connectivity index (χ3v) is 3.53. The Labute approximate surface area is 103 Å². The highest BCUT2D eigenvalue weighted by Crippen LogP contribution is 2.21. The topological polar surface area (TPSA) is 39.1 Å². The average Bonchev–Trinajstić information content (AvgIpc) is 2.95. The first kappa shape index (κ1) is 12.6. The van der Waals surface area contributed by atoms with Crippen LogP contribution in [0.15, 0.2) is 12.3 Å². The zero-order valence-electron chi connectivity index (χ0n) is 10.9. The van der Waals surface area contributed by atoms with Gasteiger partial charge in [-0.3, -0.25) is 4.68 Å². The lowest BCUT2D eigenvalue weighted by Gasteiger charge is -2.13. The number of ether oxygens (including phenoxy) is 1. The lowest BCUT2D eigenvalue weighted by Crippen LogP contribution is -2.27. The molecule has 0 aromatic carbocycles. The molecule has 0 bridgehead atoms. The molecule has 96 valence electrons. The van der Waals surface area contributed by atoms with Gasteiger partial charge in [-0.15, -0.1) is 0 Å². The molecule has 1 aromatic heterocycles. The van der Waals surface area contributed by atoms with Crippen LogP contribution in [0.4, 0.5) is 0 Å². The largest absolute Gasteiger partial charge is 0.381 e. The molecule has 0 aliphatic heterocycles. The SMILES string of the molecule is CCCn1nccc1CNC1CCC(OC)C1. The Hall–Kier alpha value is -0.870. The van der Waals surface area contributed by atoms with Crippen molar-refractivity contribution in [3.05, 3.63) is 18.0 Å². The van der Waals surface area contributed by atoms with Gasteiger partial charge in [-0.05, 0) is 31.7 Å². The minimum Gasteiger partial charge on any atom is -0.381 e. The second-order valence-corrected chi connectivity index (χ2v) is 4.79. The molecule has 0 spiro atoms. The highest BCUT2D eigenvalue weighted by molar-refractivity contribution is 5.00. The molecule has 1 fully saturated rings. The van der Waals surface area contributed by atoms with Crippen molar-refractivity contribution < 1.29 is 4.74 Å². The van der Waals surface area contributed by atoms with Gasteiger partial charge in [0.2, 0.25) is 0 Å². The van der Waals surface area contributed by atoms with Crippen LogP contribution in [0.2, 0.25) is 0 Å². The third-order valence-electron chi connectivity index (χ3n) is 3.53. The van der Waals surface area contributed by atoms with Crippen molar-refractivity contribution in [2.24, 2.45) is 0 Å². The summed E-state index contributed by atoms with van der Waals surface area (Å²) in [5, 5.41) is 7.94. The summed E-state index contributed by atoms with van der Waals surface area (Å²) in [6.45, 7) is 4.11. The predicted molar refractivity (Wildman–Crippen MR) is 67.8 cm³/mol. The summed E-state index contributed by atoms with van der Waals surface area (Å²) < 4.78 is 7.48. The Kier molecular flexibility index (Phi) is 4.57. The van der Waals surface area contributed by atoms with Crippen LogP contribution in [0, 0.1) is 0 Å². The monoisotopic (exact) mass is 237 g/mol.